The van der Waals surface area contributed by atoms with Crippen molar-refractivity contribution in [2.75, 3.05) is 0 Å². The molecule has 0 fully saturated rings. The fourth-order valence-corrected chi connectivity index (χ4v) is 6.99. The van der Waals surface area contributed by atoms with Gasteiger partial charge in [-0.2, -0.15) is 9.97 Å². The summed E-state index contributed by atoms with van der Waals surface area (Å²) in [5.41, 5.74) is 6.76. The molecule has 0 amide bonds. The molecule has 0 saturated carbocycles. The zero-order valence-electron chi connectivity index (χ0n) is 26.4. The molecule has 1 aliphatic heterocycles. The molecule has 0 spiro atoms. The third-order valence-corrected chi connectivity index (χ3v) is 9.35. The van der Waals surface area contributed by atoms with E-state index in [1.165, 1.54) is 4.57 Å². The van der Waals surface area contributed by atoms with E-state index in [0.29, 0.717) is 39.8 Å². The molecule has 4 heterocycles. The standard InChI is InChI=1S/C42H24N6O2/c49-37-32-24-28(20-22-36(32)48-40(37)43-33-17-9-7-16-30(33)41(48)50)27-19-21-35-31(23-27)29-15-8-10-18-34(29)47(35)42-45-38(25-11-3-1-4-12-25)44-39(46-42)26-13-5-2-6-14-26/h1-24H. The molecular weight excluding hydrogens is 621 g/mol. The predicted molar refractivity (Wildman–Crippen MR) is 195 cm³/mol. The van der Waals surface area contributed by atoms with Gasteiger partial charge in [-0.1, -0.05) is 103 Å². The SMILES string of the molecule is O=C1c2cc(-c3ccc4c(c3)c3ccccc3n4-c3nc(-c4ccccc4)nc(-c4ccccc4)n3)ccc2-n2c1nc1ccccc1c2=O. The van der Waals surface area contributed by atoms with Crippen LogP contribution in [0, 0.1) is 0 Å². The van der Waals surface area contributed by atoms with Crippen LogP contribution in [-0.2, 0) is 0 Å². The van der Waals surface area contributed by atoms with Gasteiger partial charge in [0.1, 0.15) is 0 Å². The van der Waals surface area contributed by atoms with E-state index >= 15 is 0 Å². The van der Waals surface area contributed by atoms with Gasteiger partial charge in [0.2, 0.25) is 11.7 Å². The number of hydrogen-bond acceptors (Lipinski definition) is 6. The molecule has 50 heavy (non-hydrogen) atoms. The van der Waals surface area contributed by atoms with Crippen LogP contribution in [0.15, 0.2) is 150 Å². The summed E-state index contributed by atoms with van der Waals surface area (Å²) in [6, 6.07) is 47.1. The predicted octanol–water partition coefficient (Wildman–Crippen LogP) is 8.21. The van der Waals surface area contributed by atoms with Crippen molar-refractivity contribution in [3.8, 4) is 45.5 Å². The van der Waals surface area contributed by atoms with Gasteiger partial charge in [0.05, 0.1) is 33.2 Å². The Kier molecular flexibility index (Phi) is 6.01. The van der Waals surface area contributed by atoms with Crippen molar-refractivity contribution >= 4 is 38.5 Å². The number of hydrogen-bond donors (Lipinski definition) is 0. The number of nitrogens with zero attached hydrogens (tertiary/aromatic N) is 6. The zero-order chi connectivity index (χ0) is 33.3. The highest BCUT2D eigenvalue weighted by Gasteiger charge is 2.31. The van der Waals surface area contributed by atoms with E-state index < -0.39 is 0 Å². The minimum atomic E-state index is -0.263. The summed E-state index contributed by atoms with van der Waals surface area (Å²) in [7, 11) is 0. The van der Waals surface area contributed by atoms with Crippen molar-refractivity contribution in [3.05, 3.63) is 167 Å². The monoisotopic (exact) mass is 644 g/mol. The lowest BCUT2D eigenvalue weighted by Gasteiger charge is -2.11. The van der Waals surface area contributed by atoms with Crippen LogP contribution in [0.5, 0.6) is 0 Å². The van der Waals surface area contributed by atoms with E-state index in [2.05, 4.69) is 33.8 Å². The molecule has 0 N–H and O–H groups in total. The fourth-order valence-electron chi connectivity index (χ4n) is 6.99. The maximum Gasteiger partial charge on any atom is 0.266 e. The molecule has 0 saturated heterocycles. The number of ketones is 1. The van der Waals surface area contributed by atoms with Crippen molar-refractivity contribution < 1.29 is 4.79 Å². The van der Waals surface area contributed by atoms with Crippen molar-refractivity contribution in [2.24, 2.45) is 0 Å². The first-order valence-electron chi connectivity index (χ1n) is 16.2. The molecule has 8 nitrogen and oxygen atoms in total. The number of carbonyl (C=O) groups excluding carboxylic acids is 1. The fraction of sp³-hybridized carbons (Fsp3) is 0. The minimum absolute atomic E-state index is 0.140. The van der Waals surface area contributed by atoms with Crippen LogP contribution in [0.25, 0.3) is 78.2 Å². The van der Waals surface area contributed by atoms with E-state index in [4.69, 9.17) is 15.0 Å². The van der Waals surface area contributed by atoms with Gasteiger partial charge in [0, 0.05) is 21.9 Å². The smallest absolute Gasteiger partial charge is 0.266 e. The topological polar surface area (TPSA) is 95.6 Å². The lowest BCUT2D eigenvalue weighted by molar-refractivity contribution is 0.103. The van der Waals surface area contributed by atoms with E-state index in [9.17, 15) is 9.59 Å². The molecule has 1 aliphatic rings. The molecule has 0 aliphatic carbocycles. The number of aromatic nitrogens is 6. The highest BCUT2D eigenvalue weighted by atomic mass is 16.1. The van der Waals surface area contributed by atoms with Gasteiger partial charge in [0.25, 0.3) is 5.56 Å². The first-order valence-corrected chi connectivity index (χ1v) is 16.2. The van der Waals surface area contributed by atoms with Gasteiger partial charge >= 0.3 is 0 Å². The first-order chi connectivity index (χ1) is 24.6. The molecule has 0 radical (unpaired) electrons. The summed E-state index contributed by atoms with van der Waals surface area (Å²) >= 11 is 0. The van der Waals surface area contributed by atoms with Gasteiger partial charge in [0.15, 0.2) is 17.5 Å². The van der Waals surface area contributed by atoms with Gasteiger partial charge in [-0.3, -0.25) is 18.7 Å². The van der Waals surface area contributed by atoms with Crippen LogP contribution < -0.4 is 5.56 Å². The van der Waals surface area contributed by atoms with E-state index in [0.717, 1.165) is 44.1 Å². The van der Waals surface area contributed by atoms with Crippen LogP contribution in [0.4, 0.5) is 0 Å². The Morgan fingerprint density at radius 2 is 1.04 bits per heavy atom. The molecule has 3 aromatic heterocycles. The molecular formula is C42H24N6O2. The summed E-state index contributed by atoms with van der Waals surface area (Å²) < 4.78 is 3.52. The normalized spacial score (nSPS) is 12.1. The number of carbonyl (C=O) groups is 1. The highest BCUT2D eigenvalue weighted by molar-refractivity contribution is 6.14. The average Bonchev–Trinajstić information content (AvgIpc) is 3.66. The van der Waals surface area contributed by atoms with Crippen molar-refractivity contribution in [1.82, 2.24) is 29.1 Å². The van der Waals surface area contributed by atoms with E-state index in [-0.39, 0.29) is 17.2 Å². The van der Waals surface area contributed by atoms with Crippen LogP contribution in [0.2, 0.25) is 0 Å². The molecule has 6 aromatic carbocycles. The summed E-state index contributed by atoms with van der Waals surface area (Å²) in [6.45, 7) is 0. The Bertz CT molecular complexity index is 2860. The maximum atomic E-state index is 13.6. The quantitative estimate of drug-likeness (QED) is 0.192. The third kappa shape index (κ3) is 4.18. The van der Waals surface area contributed by atoms with Crippen molar-refractivity contribution in [3.63, 3.8) is 0 Å². The molecule has 10 rings (SSSR count). The van der Waals surface area contributed by atoms with Gasteiger partial charge < -0.3 is 0 Å². The van der Waals surface area contributed by atoms with E-state index in [1.54, 1.807) is 18.2 Å². The first kappa shape index (κ1) is 28.0. The number of benzene rings is 6. The van der Waals surface area contributed by atoms with Gasteiger partial charge in [-0.25, -0.2) is 9.97 Å². The summed E-state index contributed by atoms with van der Waals surface area (Å²) in [5.74, 6) is 1.56. The summed E-state index contributed by atoms with van der Waals surface area (Å²) in [4.78, 5) is 46.5. The Hall–Kier alpha value is -7.06. The molecule has 8 heteroatoms. The third-order valence-electron chi connectivity index (χ3n) is 9.35. The van der Waals surface area contributed by atoms with Crippen LogP contribution >= 0.6 is 0 Å². The Morgan fingerprint density at radius 1 is 0.440 bits per heavy atom. The van der Waals surface area contributed by atoms with Crippen LogP contribution in [0.3, 0.4) is 0 Å². The van der Waals surface area contributed by atoms with Gasteiger partial charge in [-0.05, 0) is 53.6 Å². The van der Waals surface area contributed by atoms with Crippen LogP contribution in [-0.4, -0.2) is 34.9 Å². The lowest BCUT2D eigenvalue weighted by Crippen LogP contribution is -2.21. The second-order valence-corrected chi connectivity index (χ2v) is 12.3. The molecule has 0 unspecified atom stereocenters. The lowest BCUT2D eigenvalue weighted by atomic mass is 9.99. The second kappa shape index (κ2) is 10.7. The van der Waals surface area contributed by atoms with E-state index in [1.807, 2.05) is 103 Å². The van der Waals surface area contributed by atoms with Crippen molar-refractivity contribution in [2.45, 2.75) is 0 Å². The largest absolute Gasteiger partial charge is 0.285 e. The molecule has 9 aromatic rings. The highest BCUT2D eigenvalue weighted by Crippen LogP contribution is 2.37. The van der Waals surface area contributed by atoms with Crippen molar-refractivity contribution in [1.29, 1.82) is 0 Å². The summed E-state index contributed by atoms with van der Waals surface area (Å²) in [6.07, 6.45) is 0. The number of fused-ring (bicyclic) bond motifs is 7. The second-order valence-electron chi connectivity index (χ2n) is 12.3. The number of rotatable bonds is 4. The number of para-hydroxylation sites is 2. The maximum absolute atomic E-state index is 13.6. The molecule has 234 valence electrons. The average molecular weight is 645 g/mol. The van der Waals surface area contributed by atoms with Crippen LogP contribution in [0.1, 0.15) is 16.2 Å². The Labute approximate surface area is 284 Å². The molecule has 0 atom stereocenters. The summed E-state index contributed by atoms with van der Waals surface area (Å²) in [5, 5.41) is 2.53. The molecule has 0 bridgehead atoms. The minimum Gasteiger partial charge on any atom is -0.285 e. The zero-order valence-corrected chi connectivity index (χ0v) is 26.4. The Morgan fingerprint density at radius 3 is 1.78 bits per heavy atom. The Balaban J connectivity index is 1.14. The van der Waals surface area contributed by atoms with Gasteiger partial charge in [-0.15, -0.1) is 0 Å².